The second-order valence-electron chi connectivity index (χ2n) is 8.00. The molecule has 0 unspecified atom stereocenters. The Labute approximate surface area is 172 Å². The van der Waals surface area contributed by atoms with Crippen LogP contribution in [0.3, 0.4) is 0 Å². The third kappa shape index (κ3) is 4.59. The van der Waals surface area contributed by atoms with Gasteiger partial charge in [-0.1, -0.05) is 0 Å². The monoisotopic (exact) mass is 427 g/mol. The first-order chi connectivity index (χ1) is 14.3. The quantitative estimate of drug-likeness (QED) is 0.756. The Morgan fingerprint density at radius 2 is 1.77 bits per heavy atom. The lowest BCUT2D eigenvalue weighted by molar-refractivity contribution is -0.141. The summed E-state index contributed by atoms with van der Waals surface area (Å²) in [5.41, 5.74) is 4.35. The van der Waals surface area contributed by atoms with E-state index in [9.17, 15) is 17.6 Å². The number of hydrogen-bond acceptors (Lipinski definition) is 5. The van der Waals surface area contributed by atoms with Crippen LogP contribution in [0.2, 0.25) is 0 Å². The Morgan fingerprint density at radius 3 is 2.43 bits per heavy atom. The number of ether oxygens (including phenoxy) is 1. The van der Waals surface area contributed by atoms with E-state index in [0.29, 0.717) is 24.6 Å². The fourth-order valence-electron chi connectivity index (χ4n) is 4.38. The number of hydrogen-bond donors (Lipinski definition) is 1. The van der Waals surface area contributed by atoms with E-state index < -0.39 is 23.4 Å². The largest absolute Gasteiger partial charge is 0.433 e. The molecule has 164 valence electrons. The maximum absolute atomic E-state index is 14.2. The first-order valence-electron chi connectivity index (χ1n) is 10.2. The summed E-state index contributed by atoms with van der Waals surface area (Å²) in [6.07, 6.45) is 1.14. The predicted molar refractivity (Wildman–Crippen MR) is 103 cm³/mol. The number of nitrogen functional groups attached to an aromatic ring is 1. The number of pyridine rings is 1. The summed E-state index contributed by atoms with van der Waals surface area (Å²) in [6, 6.07) is 1.93. The SMILES string of the molecule is Nc1cn(C[C@H]2CC[C@H](N3CCOCC3)CC2)nc1-c1nc(C(F)(F)F)ccc1F. The van der Waals surface area contributed by atoms with Crippen LogP contribution in [0.1, 0.15) is 31.4 Å². The number of morpholine rings is 1. The molecule has 1 saturated carbocycles. The second kappa shape index (κ2) is 8.50. The highest BCUT2D eigenvalue weighted by atomic mass is 19.4. The Hall–Kier alpha value is -2.20. The van der Waals surface area contributed by atoms with Crippen LogP contribution in [-0.2, 0) is 17.5 Å². The summed E-state index contributed by atoms with van der Waals surface area (Å²) in [7, 11) is 0. The van der Waals surface area contributed by atoms with Crippen LogP contribution in [0.4, 0.5) is 23.2 Å². The van der Waals surface area contributed by atoms with E-state index in [1.54, 1.807) is 10.9 Å². The molecule has 1 aliphatic carbocycles. The summed E-state index contributed by atoms with van der Waals surface area (Å²) in [5.74, 6) is -0.486. The zero-order chi connectivity index (χ0) is 21.3. The summed E-state index contributed by atoms with van der Waals surface area (Å²) < 4.78 is 60.0. The zero-order valence-corrected chi connectivity index (χ0v) is 16.5. The number of nitrogens with zero attached hydrogens (tertiary/aromatic N) is 4. The minimum atomic E-state index is -4.67. The fourth-order valence-corrected chi connectivity index (χ4v) is 4.38. The normalized spacial score (nSPS) is 23.6. The summed E-state index contributed by atoms with van der Waals surface area (Å²) >= 11 is 0. The van der Waals surface area contributed by atoms with Gasteiger partial charge >= 0.3 is 6.18 Å². The smallest absolute Gasteiger partial charge is 0.396 e. The maximum atomic E-state index is 14.2. The number of nitrogens with two attached hydrogens (primary N) is 1. The Bertz CT molecular complexity index is 871. The molecule has 30 heavy (non-hydrogen) atoms. The standard InChI is InChI=1S/C20H25F4N5O/c21-15-5-6-17(20(22,23)24)26-18(15)19-16(25)12-29(27-19)11-13-1-3-14(4-2-13)28-7-9-30-10-8-28/h5-6,12-14H,1-4,7-11,25H2/t13-,14-. The van der Waals surface area contributed by atoms with Gasteiger partial charge in [0, 0.05) is 31.9 Å². The van der Waals surface area contributed by atoms with Crippen molar-refractivity contribution in [2.24, 2.45) is 5.92 Å². The number of rotatable bonds is 4. The number of anilines is 1. The Balaban J connectivity index is 1.43. The van der Waals surface area contributed by atoms with E-state index in [0.717, 1.165) is 58.1 Å². The summed E-state index contributed by atoms with van der Waals surface area (Å²) in [5, 5.41) is 4.26. The van der Waals surface area contributed by atoms with E-state index in [1.807, 2.05) is 0 Å². The van der Waals surface area contributed by atoms with Crippen LogP contribution in [0.5, 0.6) is 0 Å². The molecule has 0 spiro atoms. The van der Waals surface area contributed by atoms with E-state index in [2.05, 4.69) is 15.0 Å². The highest BCUT2D eigenvalue weighted by Crippen LogP contribution is 2.33. The van der Waals surface area contributed by atoms with Gasteiger partial charge in [0.15, 0.2) is 5.82 Å². The van der Waals surface area contributed by atoms with Crippen LogP contribution in [0.25, 0.3) is 11.4 Å². The molecule has 3 heterocycles. The van der Waals surface area contributed by atoms with E-state index in [4.69, 9.17) is 10.5 Å². The highest BCUT2D eigenvalue weighted by molar-refractivity contribution is 5.69. The summed E-state index contributed by atoms with van der Waals surface area (Å²) in [4.78, 5) is 5.92. The number of aromatic nitrogens is 3. The van der Waals surface area contributed by atoms with Gasteiger partial charge in [-0.05, 0) is 43.7 Å². The molecule has 0 aromatic carbocycles. The average Bonchev–Trinajstić information content (AvgIpc) is 3.08. The third-order valence-corrected chi connectivity index (χ3v) is 5.97. The molecule has 2 aliphatic rings. The molecule has 10 heteroatoms. The molecule has 1 saturated heterocycles. The average molecular weight is 427 g/mol. The summed E-state index contributed by atoms with van der Waals surface area (Å²) in [6.45, 7) is 4.12. The maximum Gasteiger partial charge on any atom is 0.433 e. The Kier molecular flexibility index (Phi) is 5.97. The third-order valence-electron chi connectivity index (χ3n) is 5.97. The molecule has 0 radical (unpaired) electrons. The van der Waals surface area contributed by atoms with Gasteiger partial charge in [-0.15, -0.1) is 0 Å². The minimum Gasteiger partial charge on any atom is -0.396 e. The Morgan fingerprint density at radius 1 is 1.07 bits per heavy atom. The van der Waals surface area contributed by atoms with Gasteiger partial charge in [0.25, 0.3) is 0 Å². The van der Waals surface area contributed by atoms with E-state index >= 15 is 0 Å². The van der Waals surface area contributed by atoms with Crippen molar-refractivity contribution in [3.63, 3.8) is 0 Å². The number of halogens is 4. The van der Waals surface area contributed by atoms with Crippen molar-refractivity contribution < 1.29 is 22.3 Å². The van der Waals surface area contributed by atoms with Gasteiger partial charge in [0.05, 0.1) is 18.9 Å². The molecular formula is C20H25F4N5O. The van der Waals surface area contributed by atoms with Gasteiger partial charge in [-0.25, -0.2) is 9.37 Å². The second-order valence-corrected chi connectivity index (χ2v) is 8.00. The molecule has 1 aliphatic heterocycles. The van der Waals surface area contributed by atoms with Crippen LogP contribution < -0.4 is 5.73 Å². The molecule has 2 N–H and O–H groups in total. The van der Waals surface area contributed by atoms with Crippen molar-refractivity contribution in [2.45, 2.75) is 44.4 Å². The predicted octanol–water partition coefficient (Wildman–Crippen LogP) is 3.58. The van der Waals surface area contributed by atoms with Crippen LogP contribution >= 0.6 is 0 Å². The fraction of sp³-hybridized carbons (Fsp3) is 0.600. The van der Waals surface area contributed by atoms with Crippen LogP contribution in [-0.4, -0.2) is 52.0 Å². The first-order valence-corrected chi connectivity index (χ1v) is 10.2. The molecular weight excluding hydrogens is 402 g/mol. The van der Waals surface area contributed by atoms with Crippen molar-refractivity contribution >= 4 is 5.69 Å². The lowest BCUT2D eigenvalue weighted by atomic mass is 9.85. The van der Waals surface area contributed by atoms with Crippen molar-refractivity contribution in [1.82, 2.24) is 19.7 Å². The molecule has 0 amide bonds. The van der Waals surface area contributed by atoms with Gasteiger partial charge in [0.1, 0.15) is 17.1 Å². The molecule has 0 bridgehead atoms. The minimum absolute atomic E-state index is 0.0550. The van der Waals surface area contributed by atoms with E-state index in [1.165, 1.54) is 0 Å². The van der Waals surface area contributed by atoms with Crippen LogP contribution in [0, 0.1) is 11.7 Å². The van der Waals surface area contributed by atoms with Crippen LogP contribution in [0.15, 0.2) is 18.3 Å². The highest BCUT2D eigenvalue weighted by Gasteiger charge is 2.34. The molecule has 2 aromatic heterocycles. The van der Waals surface area contributed by atoms with Crippen molar-refractivity contribution in [3.05, 3.63) is 29.8 Å². The molecule has 2 aromatic rings. The zero-order valence-electron chi connectivity index (χ0n) is 16.5. The molecule has 4 rings (SSSR count). The van der Waals surface area contributed by atoms with Gasteiger partial charge < -0.3 is 10.5 Å². The van der Waals surface area contributed by atoms with Crippen molar-refractivity contribution in [2.75, 3.05) is 32.0 Å². The van der Waals surface area contributed by atoms with E-state index in [-0.39, 0.29) is 11.4 Å². The lowest BCUT2D eigenvalue weighted by Gasteiger charge is -2.38. The van der Waals surface area contributed by atoms with Gasteiger partial charge in [0.2, 0.25) is 0 Å². The van der Waals surface area contributed by atoms with Gasteiger partial charge in [-0.2, -0.15) is 18.3 Å². The van der Waals surface area contributed by atoms with Gasteiger partial charge in [-0.3, -0.25) is 9.58 Å². The molecule has 6 nitrogen and oxygen atoms in total. The van der Waals surface area contributed by atoms with Crippen molar-refractivity contribution in [3.8, 4) is 11.4 Å². The van der Waals surface area contributed by atoms with Crippen molar-refractivity contribution in [1.29, 1.82) is 0 Å². The molecule has 2 fully saturated rings. The first kappa shape index (κ1) is 21.0. The number of alkyl halides is 3. The molecule has 0 atom stereocenters. The topological polar surface area (TPSA) is 69.2 Å². The lowest BCUT2D eigenvalue weighted by Crippen LogP contribution is -2.45.